The standard InChI is InChI=1S/C16H19ClN2O2/c1-4-10-16(2,3)19-14(20)12(13(17)18-15(19)21)11-8-6-5-7-9-11/h5-9H,4,10H2,1-3H3,(H,18,21). The van der Waals surface area contributed by atoms with Gasteiger partial charge in [-0.25, -0.2) is 4.79 Å². The van der Waals surface area contributed by atoms with Crippen molar-refractivity contribution in [3.63, 3.8) is 0 Å². The van der Waals surface area contributed by atoms with Crippen molar-refractivity contribution >= 4 is 11.6 Å². The number of rotatable bonds is 4. The Morgan fingerprint density at radius 1 is 1.19 bits per heavy atom. The highest BCUT2D eigenvalue weighted by atomic mass is 35.5. The van der Waals surface area contributed by atoms with Crippen LogP contribution < -0.4 is 11.2 Å². The second-order valence-electron chi connectivity index (χ2n) is 5.69. The Morgan fingerprint density at radius 2 is 1.81 bits per heavy atom. The number of aromatic amines is 1. The Balaban J connectivity index is 2.76. The molecule has 1 aromatic heterocycles. The first-order valence-electron chi connectivity index (χ1n) is 6.99. The molecule has 0 fully saturated rings. The molecule has 0 atom stereocenters. The van der Waals surface area contributed by atoms with Gasteiger partial charge in [0.05, 0.1) is 5.56 Å². The SMILES string of the molecule is CCCC(C)(C)n1c(=O)[nH]c(Cl)c(-c2ccccc2)c1=O. The fourth-order valence-electron chi connectivity index (χ4n) is 2.64. The van der Waals surface area contributed by atoms with Crippen LogP contribution in [0.4, 0.5) is 0 Å². The number of nitrogens with one attached hydrogen (secondary N) is 1. The van der Waals surface area contributed by atoms with Gasteiger partial charge in [-0.15, -0.1) is 0 Å². The van der Waals surface area contributed by atoms with Gasteiger partial charge in [0.1, 0.15) is 5.15 Å². The Morgan fingerprint density at radius 3 is 2.38 bits per heavy atom. The average molecular weight is 307 g/mol. The zero-order valence-corrected chi connectivity index (χ0v) is 13.2. The number of aromatic nitrogens is 2. The minimum Gasteiger partial charge on any atom is -0.297 e. The van der Waals surface area contributed by atoms with E-state index in [0.717, 1.165) is 12.8 Å². The van der Waals surface area contributed by atoms with Gasteiger partial charge in [0.25, 0.3) is 5.56 Å². The molecule has 1 aromatic carbocycles. The van der Waals surface area contributed by atoms with E-state index in [9.17, 15) is 9.59 Å². The van der Waals surface area contributed by atoms with E-state index < -0.39 is 11.2 Å². The van der Waals surface area contributed by atoms with Crippen molar-refractivity contribution in [3.8, 4) is 11.1 Å². The van der Waals surface area contributed by atoms with Gasteiger partial charge in [-0.1, -0.05) is 55.3 Å². The third kappa shape index (κ3) is 2.95. The lowest BCUT2D eigenvalue weighted by Crippen LogP contribution is -2.46. The lowest BCUT2D eigenvalue weighted by atomic mass is 9.98. The van der Waals surface area contributed by atoms with Gasteiger partial charge in [-0.2, -0.15) is 0 Å². The molecule has 1 N–H and O–H groups in total. The second-order valence-corrected chi connectivity index (χ2v) is 6.07. The van der Waals surface area contributed by atoms with Crippen LogP contribution in [0.3, 0.4) is 0 Å². The monoisotopic (exact) mass is 306 g/mol. The van der Waals surface area contributed by atoms with E-state index in [-0.39, 0.29) is 10.7 Å². The minimum atomic E-state index is -0.562. The van der Waals surface area contributed by atoms with Gasteiger partial charge in [0, 0.05) is 5.54 Å². The highest BCUT2D eigenvalue weighted by Gasteiger charge is 2.26. The molecule has 0 aliphatic rings. The third-order valence-electron chi connectivity index (χ3n) is 3.59. The van der Waals surface area contributed by atoms with Gasteiger partial charge in [-0.05, 0) is 25.8 Å². The molecule has 2 rings (SSSR count). The number of hydrogen-bond donors (Lipinski definition) is 1. The number of H-pyrrole nitrogens is 1. The van der Waals surface area contributed by atoms with Crippen molar-refractivity contribution in [2.45, 2.75) is 39.2 Å². The predicted molar refractivity (Wildman–Crippen MR) is 86.0 cm³/mol. The van der Waals surface area contributed by atoms with E-state index in [4.69, 9.17) is 11.6 Å². The minimum absolute atomic E-state index is 0.0831. The topological polar surface area (TPSA) is 54.9 Å². The molecule has 21 heavy (non-hydrogen) atoms. The molecule has 0 aliphatic heterocycles. The molecular formula is C16H19ClN2O2. The van der Waals surface area contributed by atoms with E-state index >= 15 is 0 Å². The van der Waals surface area contributed by atoms with Crippen molar-refractivity contribution in [2.75, 3.05) is 0 Å². The lowest BCUT2D eigenvalue weighted by Gasteiger charge is -2.26. The summed E-state index contributed by atoms with van der Waals surface area (Å²) in [7, 11) is 0. The normalized spacial score (nSPS) is 11.6. The molecule has 0 amide bonds. The summed E-state index contributed by atoms with van der Waals surface area (Å²) in [5, 5.41) is 0.0831. The maximum atomic E-state index is 12.8. The third-order valence-corrected chi connectivity index (χ3v) is 3.87. The molecular weight excluding hydrogens is 288 g/mol. The first-order valence-corrected chi connectivity index (χ1v) is 7.37. The molecule has 5 heteroatoms. The summed E-state index contributed by atoms with van der Waals surface area (Å²) in [6.07, 6.45) is 1.61. The van der Waals surface area contributed by atoms with Gasteiger partial charge in [-0.3, -0.25) is 14.3 Å². The van der Waals surface area contributed by atoms with E-state index in [0.29, 0.717) is 11.1 Å². The highest BCUT2D eigenvalue weighted by molar-refractivity contribution is 6.32. The van der Waals surface area contributed by atoms with E-state index in [1.54, 1.807) is 12.1 Å². The van der Waals surface area contributed by atoms with Gasteiger partial charge in [0.2, 0.25) is 0 Å². The summed E-state index contributed by atoms with van der Waals surface area (Å²) < 4.78 is 1.27. The van der Waals surface area contributed by atoms with Crippen LogP contribution >= 0.6 is 11.6 Å². The first kappa shape index (κ1) is 15.6. The van der Waals surface area contributed by atoms with Crippen LogP contribution in [0.25, 0.3) is 11.1 Å². The van der Waals surface area contributed by atoms with Crippen LogP contribution in [0.15, 0.2) is 39.9 Å². The Kier molecular flexibility index (Phi) is 4.37. The molecule has 0 unspecified atom stereocenters. The largest absolute Gasteiger partial charge is 0.330 e. The highest BCUT2D eigenvalue weighted by Crippen LogP contribution is 2.24. The summed E-state index contributed by atoms with van der Waals surface area (Å²) in [6.45, 7) is 5.79. The zero-order chi connectivity index (χ0) is 15.6. The van der Waals surface area contributed by atoms with Gasteiger partial charge < -0.3 is 0 Å². The Hall–Kier alpha value is -1.81. The molecule has 112 valence electrons. The molecule has 2 aromatic rings. The molecule has 0 saturated carbocycles. The molecule has 1 heterocycles. The van der Waals surface area contributed by atoms with Gasteiger partial charge in [0.15, 0.2) is 0 Å². The van der Waals surface area contributed by atoms with Gasteiger partial charge >= 0.3 is 5.69 Å². The number of hydrogen-bond acceptors (Lipinski definition) is 2. The Bertz CT molecular complexity index is 745. The van der Waals surface area contributed by atoms with Crippen LogP contribution in [0.5, 0.6) is 0 Å². The zero-order valence-electron chi connectivity index (χ0n) is 12.4. The summed E-state index contributed by atoms with van der Waals surface area (Å²) in [5.41, 5.74) is -0.351. The van der Waals surface area contributed by atoms with Crippen molar-refractivity contribution in [3.05, 3.63) is 56.3 Å². The van der Waals surface area contributed by atoms with Crippen molar-refractivity contribution in [1.82, 2.24) is 9.55 Å². The molecule has 4 nitrogen and oxygen atoms in total. The smallest absolute Gasteiger partial charge is 0.297 e. The first-order chi connectivity index (χ1) is 9.88. The molecule has 0 radical (unpaired) electrons. The van der Waals surface area contributed by atoms with E-state index in [1.807, 2.05) is 39.0 Å². The van der Waals surface area contributed by atoms with Crippen molar-refractivity contribution < 1.29 is 0 Å². The van der Waals surface area contributed by atoms with Crippen LogP contribution in [-0.2, 0) is 5.54 Å². The van der Waals surface area contributed by atoms with Crippen LogP contribution in [0.1, 0.15) is 33.6 Å². The molecule has 0 bridgehead atoms. The van der Waals surface area contributed by atoms with Crippen LogP contribution in [0.2, 0.25) is 5.15 Å². The summed E-state index contributed by atoms with van der Waals surface area (Å²) in [5.74, 6) is 0. The quantitative estimate of drug-likeness (QED) is 0.880. The maximum Gasteiger partial charge on any atom is 0.330 e. The summed E-state index contributed by atoms with van der Waals surface area (Å²) >= 11 is 6.10. The predicted octanol–water partition coefficient (Wildman–Crippen LogP) is 3.39. The fourth-order valence-corrected chi connectivity index (χ4v) is 2.91. The molecule has 0 saturated heterocycles. The summed E-state index contributed by atoms with van der Waals surface area (Å²) in [6, 6.07) is 9.13. The van der Waals surface area contributed by atoms with E-state index in [2.05, 4.69) is 4.98 Å². The lowest BCUT2D eigenvalue weighted by molar-refractivity contribution is 0.302. The second kappa shape index (κ2) is 5.90. The molecule has 0 spiro atoms. The van der Waals surface area contributed by atoms with E-state index in [1.165, 1.54) is 4.57 Å². The number of nitrogens with zero attached hydrogens (tertiary/aromatic N) is 1. The molecule has 0 aliphatic carbocycles. The fraction of sp³-hybridized carbons (Fsp3) is 0.375. The number of halogens is 1. The van der Waals surface area contributed by atoms with Crippen LogP contribution in [-0.4, -0.2) is 9.55 Å². The van der Waals surface area contributed by atoms with Crippen molar-refractivity contribution in [1.29, 1.82) is 0 Å². The number of benzene rings is 1. The maximum absolute atomic E-state index is 12.8. The Labute approximate surface area is 128 Å². The summed E-state index contributed by atoms with van der Waals surface area (Å²) in [4.78, 5) is 27.6. The van der Waals surface area contributed by atoms with Crippen molar-refractivity contribution in [2.24, 2.45) is 0 Å². The van der Waals surface area contributed by atoms with Crippen LogP contribution in [0, 0.1) is 0 Å². The average Bonchev–Trinajstić information content (AvgIpc) is 2.38.